The zero-order chi connectivity index (χ0) is 27.3. The first-order valence-corrected chi connectivity index (χ1v) is 14.9. The van der Waals surface area contributed by atoms with Crippen molar-refractivity contribution in [1.82, 2.24) is 15.1 Å². The lowest BCUT2D eigenvalue weighted by Gasteiger charge is -2.34. The number of carbonyl (C=O) groups is 2. The predicted octanol–water partition coefficient (Wildman–Crippen LogP) is 7.18. The van der Waals surface area contributed by atoms with E-state index < -0.39 is 0 Å². The Balaban J connectivity index is 1.51. The van der Waals surface area contributed by atoms with Crippen molar-refractivity contribution in [2.45, 2.75) is 76.7 Å². The summed E-state index contributed by atoms with van der Waals surface area (Å²) in [6.07, 6.45) is 9.34. The lowest BCUT2D eigenvalue weighted by Crippen LogP contribution is -2.45. The maximum atomic E-state index is 13.0. The largest absolute Gasteiger partial charge is 0.353 e. The van der Waals surface area contributed by atoms with E-state index in [1.807, 2.05) is 55.6 Å². The van der Waals surface area contributed by atoms with Gasteiger partial charge in [0.1, 0.15) is 0 Å². The van der Waals surface area contributed by atoms with Gasteiger partial charge in [0, 0.05) is 50.6 Å². The summed E-state index contributed by atoms with van der Waals surface area (Å²) in [7, 11) is 1.86. The lowest BCUT2D eigenvalue weighted by molar-refractivity contribution is -0.122. The van der Waals surface area contributed by atoms with Crippen LogP contribution < -0.4 is 5.32 Å². The van der Waals surface area contributed by atoms with Crippen molar-refractivity contribution in [3.63, 3.8) is 0 Å². The third-order valence-corrected chi connectivity index (χ3v) is 8.27. The average Bonchev–Trinajstić information content (AvgIpc) is 2.93. The van der Waals surface area contributed by atoms with E-state index in [2.05, 4.69) is 17.1 Å². The van der Waals surface area contributed by atoms with Crippen LogP contribution in [0.15, 0.2) is 48.5 Å². The van der Waals surface area contributed by atoms with Crippen LogP contribution in [0.4, 0.5) is 0 Å². The molecule has 1 unspecified atom stereocenters. The van der Waals surface area contributed by atoms with E-state index in [1.54, 1.807) is 4.90 Å². The summed E-state index contributed by atoms with van der Waals surface area (Å²) in [5.41, 5.74) is 1.78. The molecule has 1 fully saturated rings. The topological polar surface area (TPSA) is 52.7 Å². The van der Waals surface area contributed by atoms with Gasteiger partial charge in [-0.3, -0.25) is 9.59 Å². The fourth-order valence-electron chi connectivity index (χ4n) is 5.17. The average molecular weight is 561 g/mol. The maximum absolute atomic E-state index is 13.0. The smallest absolute Gasteiger partial charge is 0.253 e. The monoisotopic (exact) mass is 559 g/mol. The number of halogens is 2. The van der Waals surface area contributed by atoms with E-state index in [1.165, 1.54) is 19.3 Å². The van der Waals surface area contributed by atoms with E-state index in [-0.39, 0.29) is 23.8 Å². The highest BCUT2D eigenvalue weighted by Crippen LogP contribution is 2.29. The van der Waals surface area contributed by atoms with Gasteiger partial charge in [0.15, 0.2) is 0 Å². The highest BCUT2D eigenvalue weighted by atomic mass is 35.5. The number of piperidine rings is 1. The molecule has 1 N–H and O–H groups in total. The van der Waals surface area contributed by atoms with E-state index in [0.29, 0.717) is 28.6 Å². The standard InChI is InChI=1S/C31H43Cl2N3O2/c1-3-4-5-6-10-13-30(37)34-27-17-20-36(21-18-27)19-16-26(25-14-15-28(32)29(33)22-25)23-35(2)31(38)24-11-8-7-9-12-24/h7-9,11-12,14-15,22,26-27H,3-6,10,13,16-21,23H2,1-2H3,(H,34,37). The molecule has 0 bridgehead atoms. The second kappa shape index (κ2) is 16.1. The molecule has 7 heteroatoms. The summed E-state index contributed by atoms with van der Waals surface area (Å²) < 4.78 is 0. The molecule has 2 amide bonds. The maximum Gasteiger partial charge on any atom is 0.253 e. The molecule has 5 nitrogen and oxygen atoms in total. The summed E-state index contributed by atoms with van der Waals surface area (Å²) in [6.45, 7) is 5.66. The fraction of sp³-hybridized carbons (Fsp3) is 0.548. The first kappa shape index (κ1) is 30.5. The van der Waals surface area contributed by atoms with Crippen molar-refractivity contribution < 1.29 is 9.59 Å². The van der Waals surface area contributed by atoms with Crippen LogP contribution in [0.1, 0.15) is 86.6 Å². The summed E-state index contributed by atoms with van der Waals surface area (Å²) >= 11 is 12.5. The molecule has 0 spiro atoms. The molecule has 0 saturated carbocycles. The predicted molar refractivity (Wildman–Crippen MR) is 158 cm³/mol. The second-order valence-electron chi connectivity index (χ2n) is 10.6. The van der Waals surface area contributed by atoms with Crippen LogP contribution >= 0.6 is 23.2 Å². The number of likely N-dealkylation sites (N-methyl/N-ethyl adjacent to an activating group) is 1. The van der Waals surface area contributed by atoms with Gasteiger partial charge in [0.05, 0.1) is 10.0 Å². The van der Waals surface area contributed by atoms with Crippen molar-refractivity contribution in [3.05, 3.63) is 69.7 Å². The normalized spacial score (nSPS) is 15.3. The Bertz CT molecular complexity index is 1010. The van der Waals surface area contributed by atoms with E-state index in [9.17, 15) is 9.59 Å². The number of amides is 2. The third kappa shape index (κ3) is 9.91. The number of benzene rings is 2. The van der Waals surface area contributed by atoms with Crippen LogP contribution in [-0.4, -0.2) is 60.9 Å². The fourth-order valence-corrected chi connectivity index (χ4v) is 5.48. The number of nitrogens with one attached hydrogen (secondary N) is 1. The molecule has 1 aliphatic heterocycles. The van der Waals surface area contributed by atoms with Gasteiger partial charge in [0.25, 0.3) is 5.91 Å². The Labute approximate surface area is 238 Å². The first-order valence-electron chi connectivity index (χ1n) is 14.1. The SMILES string of the molecule is CCCCCCCC(=O)NC1CCN(CCC(CN(C)C(=O)c2ccccc2)c2ccc(Cl)c(Cl)c2)CC1. The summed E-state index contributed by atoms with van der Waals surface area (Å²) in [5, 5.41) is 4.32. The zero-order valence-corrected chi connectivity index (χ0v) is 24.4. The minimum atomic E-state index is 0.0116. The van der Waals surface area contributed by atoms with Crippen molar-refractivity contribution >= 4 is 35.0 Å². The highest BCUT2D eigenvalue weighted by Gasteiger charge is 2.24. The summed E-state index contributed by atoms with van der Waals surface area (Å²) in [6, 6.07) is 15.4. The molecule has 0 radical (unpaired) electrons. The Morgan fingerprint density at radius 2 is 1.71 bits per heavy atom. The third-order valence-electron chi connectivity index (χ3n) is 7.53. The Hall–Kier alpha value is -2.08. The van der Waals surface area contributed by atoms with Gasteiger partial charge in [0.2, 0.25) is 5.91 Å². The van der Waals surface area contributed by atoms with Crippen molar-refractivity contribution in [2.24, 2.45) is 0 Å². The second-order valence-corrected chi connectivity index (χ2v) is 11.4. The van der Waals surface area contributed by atoms with Gasteiger partial charge < -0.3 is 15.1 Å². The molecule has 1 atom stereocenters. The summed E-state index contributed by atoms with van der Waals surface area (Å²) in [5.74, 6) is 0.343. The van der Waals surface area contributed by atoms with Crippen molar-refractivity contribution in [3.8, 4) is 0 Å². The Morgan fingerprint density at radius 1 is 1.00 bits per heavy atom. The molecule has 38 heavy (non-hydrogen) atoms. The molecular weight excluding hydrogens is 517 g/mol. The minimum absolute atomic E-state index is 0.0116. The van der Waals surface area contributed by atoms with Crippen LogP contribution in [0.5, 0.6) is 0 Å². The number of hydrogen-bond acceptors (Lipinski definition) is 3. The van der Waals surface area contributed by atoms with Crippen molar-refractivity contribution in [2.75, 3.05) is 33.2 Å². The van der Waals surface area contributed by atoms with Gasteiger partial charge in [-0.2, -0.15) is 0 Å². The van der Waals surface area contributed by atoms with E-state index in [0.717, 1.165) is 57.3 Å². The molecule has 2 aromatic rings. The zero-order valence-electron chi connectivity index (χ0n) is 22.9. The minimum Gasteiger partial charge on any atom is -0.353 e. The van der Waals surface area contributed by atoms with Gasteiger partial charge in [-0.15, -0.1) is 0 Å². The number of nitrogens with zero attached hydrogens (tertiary/aromatic N) is 2. The Kier molecular flexibility index (Phi) is 12.9. The van der Waals surface area contributed by atoms with Crippen LogP contribution in [-0.2, 0) is 4.79 Å². The van der Waals surface area contributed by atoms with Gasteiger partial charge in [-0.05, 0) is 62.1 Å². The summed E-state index contributed by atoms with van der Waals surface area (Å²) in [4.78, 5) is 29.6. The van der Waals surface area contributed by atoms with E-state index >= 15 is 0 Å². The molecular formula is C31H43Cl2N3O2. The molecule has 1 saturated heterocycles. The van der Waals surface area contributed by atoms with Crippen LogP contribution in [0.3, 0.4) is 0 Å². The van der Waals surface area contributed by atoms with Gasteiger partial charge >= 0.3 is 0 Å². The molecule has 2 aromatic carbocycles. The van der Waals surface area contributed by atoms with Crippen LogP contribution in [0.25, 0.3) is 0 Å². The lowest BCUT2D eigenvalue weighted by atomic mass is 9.94. The molecule has 1 heterocycles. The molecule has 1 aliphatic rings. The van der Waals surface area contributed by atoms with Crippen molar-refractivity contribution in [1.29, 1.82) is 0 Å². The van der Waals surface area contributed by atoms with Gasteiger partial charge in [-0.25, -0.2) is 0 Å². The highest BCUT2D eigenvalue weighted by molar-refractivity contribution is 6.42. The van der Waals surface area contributed by atoms with Crippen LogP contribution in [0, 0.1) is 0 Å². The number of hydrogen-bond donors (Lipinski definition) is 1. The van der Waals surface area contributed by atoms with Gasteiger partial charge in [-0.1, -0.05) is 80.1 Å². The van der Waals surface area contributed by atoms with E-state index in [4.69, 9.17) is 23.2 Å². The molecule has 0 aliphatic carbocycles. The quantitative estimate of drug-likeness (QED) is 0.249. The molecule has 3 rings (SSSR count). The number of unbranched alkanes of at least 4 members (excludes halogenated alkanes) is 4. The number of carbonyl (C=O) groups excluding carboxylic acids is 2. The number of rotatable bonds is 14. The Morgan fingerprint density at radius 3 is 2.39 bits per heavy atom. The first-order chi connectivity index (χ1) is 18.4. The molecule has 208 valence electrons. The molecule has 0 aromatic heterocycles. The van der Waals surface area contributed by atoms with Crippen LogP contribution in [0.2, 0.25) is 10.0 Å². The number of likely N-dealkylation sites (tertiary alicyclic amines) is 1.